The first-order valence-corrected chi connectivity index (χ1v) is 7.02. The van der Waals surface area contributed by atoms with Crippen LogP contribution in [0.15, 0.2) is 11.1 Å². The lowest BCUT2D eigenvalue weighted by Gasteiger charge is -2.38. The fraction of sp³-hybridized carbons (Fsp3) is 0.800. The average molecular weight is 250 g/mol. The molecule has 1 spiro atoms. The van der Waals surface area contributed by atoms with Crippen LogP contribution in [0.5, 0.6) is 0 Å². The molecule has 1 aliphatic heterocycles. The third kappa shape index (κ3) is 2.14. The van der Waals surface area contributed by atoms with Crippen LogP contribution in [0, 0.1) is 5.41 Å². The summed E-state index contributed by atoms with van der Waals surface area (Å²) in [6.45, 7) is 5.68. The topological polar surface area (TPSA) is 35.5 Å². The molecule has 3 aliphatic rings. The number of rotatable bonds is 0. The van der Waals surface area contributed by atoms with E-state index in [1.807, 2.05) is 0 Å². The molecule has 100 valence electrons. The van der Waals surface area contributed by atoms with Crippen LogP contribution in [-0.2, 0) is 14.3 Å². The van der Waals surface area contributed by atoms with Crippen LogP contribution < -0.4 is 0 Å². The predicted octanol–water partition coefficient (Wildman–Crippen LogP) is 2.99. The Hall–Kier alpha value is -0.670. The molecule has 0 amide bonds. The second-order valence-electron chi connectivity index (χ2n) is 6.66. The Bertz CT molecular complexity index is 400. The second-order valence-corrected chi connectivity index (χ2v) is 6.66. The summed E-state index contributed by atoms with van der Waals surface area (Å²) in [4.78, 5) is 12.3. The average Bonchev–Trinajstić information content (AvgIpc) is 2.85. The first-order chi connectivity index (χ1) is 8.50. The number of Topliss-reactive ketones (excluding diaryl/α,β-unsaturated/α-hetero) is 1. The van der Waals surface area contributed by atoms with Gasteiger partial charge in [-0.25, -0.2) is 0 Å². The van der Waals surface area contributed by atoms with Gasteiger partial charge in [0, 0.05) is 19.3 Å². The van der Waals surface area contributed by atoms with Crippen molar-refractivity contribution in [3.05, 3.63) is 11.1 Å². The minimum absolute atomic E-state index is 0.0391. The predicted molar refractivity (Wildman–Crippen MR) is 68.2 cm³/mol. The van der Waals surface area contributed by atoms with E-state index in [2.05, 4.69) is 13.8 Å². The Balaban J connectivity index is 1.97. The molecule has 1 heterocycles. The monoisotopic (exact) mass is 250 g/mol. The molecular formula is C15H22O3. The van der Waals surface area contributed by atoms with Gasteiger partial charge in [-0.2, -0.15) is 0 Å². The molecule has 0 aromatic heterocycles. The molecule has 2 aliphatic carbocycles. The van der Waals surface area contributed by atoms with Gasteiger partial charge < -0.3 is 9.47 Å². The quantitative estimate of drug-likeness (QED) is 0.663. The summed E-state index contributed by atoms with van der Waals surface area (Å²) in [6, 6.07) is 0. The minimum Gasteiger partial charge on any atom is -0.347 e. The number of hydrogen-bond acceptors (Lipinski definition) is 3. The highest BCUT2D eigenvalue weighted by Gasteiger charge is 2.45. The van der Waals surface area contributed by atoms with Crippen molar-refractivity contribution in [2.24, 2.45) is 5.41 Å². The third-order valence-electron chi connectivity index (χ3n) is 4.35. The van der Waals surface area contributed by atoms with Gasteiger partial charge in [0.25, 0.3) is 0 Å². The van der Waals surface area contributed by atoms with E-state index in [1.165, 1.54) is 5.57 Å². The molecule has 0 unspecified atom stereocenters. The zero-order valence-electron chi connectivity index (χ0n) is 11.4. The minimum atomic E-state index is -0.449. The summed E-state index contributed by atoms with van der Waals surface area (Å²) in [6.07, 6.45) is 5.38. The molecule has 0 aromatic rings. The fourth-order valence-electron chi connectivity index (χ4n) is 3.76. The van der Waals surface area contributed by atoms with Gasteiger partial charge in [0.15, 0.2) is 11.6 Å². The number of ether oxygens (including phenoxy) is 2. The van der Waals surface area contributed by atoms with Crippen molar-refractivity contribution in [2.45, 2.75) is 58.2 Å². The summed E-state index contributed by atoms with van der Waals surface area (Å²) in [5, 5.41) is 0. The molecular weight excluding hydrogens is 228 g/mol. The number of carbonyl (C=O) groups is 1. The van der Waals surface area contributed by atoms with Crippen LogP contribution in [0.2, 0.25) is 0 Å². The number of ketones is 1. The van der Waals surface area contributed by atoms with Gasteiger partial charge in [-0.15, -0.1) is 0 Å². The normalized spacial score (nSPS) is 30.4. The molecule has 1 fully saturated rings. The van der Waals surface area contributed by atoms with Crippen molar-refractivity contribution >= 4 is 5.78 Å². The van der Waals surface area contributed by atoms with Gasteiger partial charge in [-0.05, 0) is 30.3 Å². The van der Waals surface area contributed by atoms with Gasteiger partial charge in [0.1, 0.15) is 0 Å². The van der Waals surface area contributed by atoms with E-state index in [9.17, 15) is 4.79 Å². The SMILES string of the molecule is CC1(C)CC(=O)C2=C(CCC2)CC2(C1)OCCO2. The second kappa shape index (κ2) is 4.17. The maximum atomic E-state index is 12.3. The Morgan fingerprint density at radius 2 is 1.78 bits per heavy atom. The van der Waals surface area contributed by atoms with Gasteiger partial charge in [-0.3, -0.25) is 4.79 Å². The van der Waals surface area contributed by atoms with E-state index in [4.69, 9.17) is 9.47 Å². The van der Waals surface area contributed by atoms with Crippen molar-refractivity contribution in [3.63, 3.8) is 0 Å². The molecule has 0 atom stereocenters. The Morgan fingerprint density at radius 1 is 1.06 bits per heavy atom. The highest BCUT2D eigenvalue weighted by Crippen LogP contribution is 2.46. The van der Waals surface area contributed by atoms with E-state index in [0.717, 1.165) is 37.7 Å². The zero-order valence-corrected chi connectivity index (χ0v) is 11.4. The van der Waals surface area contributed by atoms with E-state index < -0.39 is 5.79 Å². The van der Waals surface area contributed by atoms with Crippen LogP contribution in [0.4, 0.5) is 0 Å². The van der Waals surface area contributed by atoms with Crippen molar-refractivity contribution in [1.82, 2.24) is 0 Å². The first kappa shape index (κ1) is 12.4. The molecule has 0 saturated carbocycles. The van der Waals surface area contributed by atoms with Gasteiger partial charge >= 0.3 is 0 Å². The number of allylic oxidation sites excluding steroid dienone is 1. The lowest BCUT2D eigenvalue weighted by molar-refractivity contribution is -0.179. The third-order valence-corrected chi connectivity index (χ3v) is 4.35. The molecule has 18 heavy (non-hydrogen) atoms. The fourth-order valence-corrected chi connectivity index (χ4v) is 3.76. The Labute approximate surface area is 109 Å². The van der Waals surface area contributed by atoms with Gasteiger partial charge in [0.05, 0.1) is 13.2 Å². The number of carbonyl (C=O) groups excluding carboxylic acids is 1. The molecule has 0 radical (unpaired) electrons. The van der Waals surface area contributed by atoms with E-state index >= 15 is 0 Å². The van der Waals surface area contributed by atoms with Gasteiger partial charge in [0.2, 0.25) is 0 Å². The standard InChI is InChI=1S/C15H22O3/c1-14(2)9-13(16)12-5-3-4-11(12)8-15(10-14)17-6-7-18-15/h3-10H2,1-2H3. The van der Waals surface area contributed by atoms with Crippen molar-refractivity contribution in [2.75, 3.05) is 13.2 Å². The highest BCUT2D eigenvalue weighted by atomic mass is 16.7. The van der Waals surface area contributed by atoms with E-state index in [1.54, 1.807) is 0 Å². The van der Waals surface area contributed by atoms with Crippen molar-refractivity contribution in [3.8, 4) is 0 Å². The van der Waals surface area contributed by atoms with E-state index in [0.29, 0.717) is 25.4 Å². The Kier molecular flexibility index (Phi) is 2.87. The van der Waals surface area contributed by atoms with Crippen molar-refractivity contribution in [1.29, 1.82) is 0 Å². The molecule has 1 saturated heterocycles. The van der Waals surface area contributed by atoms with E-state index in [-0.39, 0.29) is 5.41 Å². The largest absolute Gasteiger partial charge is 0.347 e. The molecule has 3 nitrogen and oxygen atoms in total. The van der Waals surface area contributed by atoms with Crippen LogP contribution in [-0.4, -0.2) is 24.8 Å². The molecule has 0 N–H and O–H groups in total. The molecule has 3 rings (SSSR count). The highest BCUT2D eigenvalue weighted by molar-refractivity contribution is 5.97. The maximum absolute atomic E-state index is 12.3. The zero-order chi connectivity index (χ0) is 12.8. The lowest BCUT2D eigenvalue weighted by atomic mass is 9.75. The lowest BCUT2D eigenvalue weighted by Crippen LogP contribution is -2.39. The first-order valence-electron chi connectivity index (χ1n) is 7.02. The number of hydrogen-bond donors (Lipinski definition) is 0. The summed E-state index contributed by atoms with van der Waals surface area (Å²) in [5.41, 5.74) is 2.35. The molecule has 0 bridgehead atoms. The van der Waals surface area contributed by atoms with Crippen LogP contribution in [0.25, 0.3) is 0 Å². The summed E-state index contributed by atoms with van der Waals surface area (Å²) < 4.78 is 11.9. The van der Waals surface area contributed by atoms with Crippen molar-refractivity contribution < 1.29 is 14.3 Å². The Morgan fingerprint density at radius 3 is 2.50 bits per heavy atom. The maximum Gasteiger partial charge on any atom is 0.172 e. The smallest absolute Gasteiger partial charge is 0.172 e. The van der Waals surface area contributed by atoms with Gasteiger partial charge in [-0.1, -0.05) is 19.4 Å². The van der Waals surface area contributed by atoms with Crippen LogP contribution in [0.1, 0.15) is 52.4 Å². The molecule has 0 aromatic carbocycles. The molecule has 3 heteroatoms. The summed E-state index contributed by atoms with van der Waals surface area (Å²) in [5.74, 6) is -0.0879. The van der Waals surface area contributed by atoms with Crippen LogP contribution >= 0.6 is 0 Å². The summed E-state index contributed by atoms with van der Waals surface area (Å²) in [7, 11) is 0. The summed E-state index contributed by atoms with van der Waals surface area (Å²) >= 11 is 0. The van der Waals surface area contributed by atoms with Crippen LogP contribution in [0.3, 0.4) is 0 Å².